The average molecular weight is 505 g/mol. The van der Waals surface area contributed by atoms with Crippen LogP contribution in [0.25, 0.3) is 11.4 Å². The molecule has 9 heteroatoms. The molecule has 1 aliphatic heterocycles. The van der Waals surface area contributed by atoms with Crippen LogP contribution in [0, 0.1) is 19.8 Å². The lowest BCUT2D eigenvalue weighted by molar-refractivity contribution is -0.127. The first-order valence-corrected chi connectivity index (χ1v) is 12.8. The van der Waals surface area contributed by atoms with E-state index in [4.69, 9.17) is 14.0 Å². The number of aromatic nitrogens is 2. The third-order valence-corrected chi connectivity index (χ3v) is 7.06. The van der Waals surface area contributed by atoms with Crippen molar-refractivity contribution in [3.63, 3.8) is 0 Å². The number of urea groups is 1. The summed E-state index contributed by atoms with van der Waals surface area (Å²) in [4.78, 5) is 34.9. The van der Waals surface area contributed by atoms with Gasteiger partial charge in [-0.1, -0.05) is 24.1 Å². The first-order valence-electron chi connectivity index (χ1n) is 12.8. The van der Waals surface area contributed by atoms with Crippen LogP contribution in [-0.2, 0) is 11.3 Å². The summed E-state index contributed by atoms with van der Waals surface area (Å²) in [7, 11) is 1.58. The molecule has 1 saturated heterocycles. The number of ether oxygens (including phenoxy) is 2. The number of benzene rings is 2. The zero-order valence-electron chi connectivity index (χ0n) is 21.7. The van der Waals surface area contributed by atoms with Gasteiger partial charge in [-0.15, -0.1) is 0 Å². The molecule has 2 heterocycles. The number of anilines is 1. The van der Waals surface area contributed by atoms with Gasteiger partial charge < -0.3 is 18.9 Å². The molecule has 1 aromatic heterocycles. The lowest BCUT2D eigenvalue weighted by Gasteiger charge is -2.46. The Hall–Kier alpha value is -3.88. The summed E-state index contributed by atoms with van der Waals surface area (Å²) >= 11 is 0. The van der Waals surface area contributed by atoms with Gasteiger partial charge in [0.1, 0.15) is 6.54 Å². The van der Waals surface area contributed by atoms with Crippen LogP contribution in [0.4, 0.5) is 10.5 Å². The van der Waals surface area contributed by atoms with Crippen LogP contribution >= 0.6 is 0 Å². The van der Waals surface area contributed by atoms with E-state index < -0.39 is 0 Å². The van der Waals surface area contributed by atoms with Gasteiger partial charge in [-0.25, -0.2) is 9.69 Å². The molecule has 2 fully saturated rings. The monoisotopic (exact) mass is 504 g/mol. The normalized spacial score (nSPS) is 19.7. The molecule has 2 aliphatic rings. The number of rotatable bonds is 7. The average Bonchev–Trinajstić information content (AvgIpc) is 3.35. The highest BCUT2D eigenvalue weighted by Gasteiger charge is 2.48. The minimum Gasteiger partial charge on any atom is -0.493 e. The van der Waals surface area contributed by atoms with E-state index in [9.17, 15) is 9.59 Å². The molecule has 3 amide bonds. The maximum atomic E-state index is 13.8. The first kappa shape index (κ1) is 24.8. The molecule has 37 heavy (non-hydrogen) atoms. The molecule has 194 valence electrons. The van der Waals surface area contributed by atoms with Gasteiger partial charge in [0.25, 0.3) is 0 Å². The van der Waals surface area contributed by atoms with Crippen LogP contribution in [-0.4, -0.2) is 46.7 Å². The van der Waals surface area contributed by atoms with Crippen LogP contribution in [0.2, 0.25) is 0 Å². The van der Waals surface area contributed by atoms with Crippen molar-refractivity contribution in [2.24, 2.45) is 5.92 Å². The van der Waals surface area contributed by atoms with Gasteiger partial charge in [-0.05, 0) is 75.1 Å². The predicted octanol–water partition coefficient (Wildman–Crippen LogP) is 5.29. The number of fused-ring (bicyclic) bond motifs is 1. The Balaban J connectivity index is 1.44. The number of aryl methyl sites for hydroxylation is 2. The minimum atomic E-state index is -0.347. The predicted molar refractivity (Wildman–Crippen MR) is 138 cm³/mol. The molecule has 0 N–H and O–H groups in total. The summed E-state index contributed by atoms with van der Waals surface area (Å²) in [6.45, 7) is 6.50. The SMILES string of the molecule is CCOc1ccc(-c2noc(CN3C(=O)N(c4cc(C)cc(C)c4)C(=O)C4CCCCC43)n2)cc1OC. The molecular weight excluding hydrogens is 472 g/mol. The van der Waals surface area contributed by atoms with E-state index in [1.807, 2.05) is 51.1 Å². The van der Waals surface area contributed by atoms with Gasteiger partial charge in [0.15, 0.2) is 11.5 Å². The molecule has 2 unspecified atom stereocenters. The van der Waals surface area contributed by atoms with E-state index in [1.165, 1.54) is 4.90 Å². The van der Waals surface area contributed by atoms with Crippen molar-refractivity contribution in [1.29, 1.82) is 0 Å². The number of hydrogen-bond donors (Lipinski definition) is 0. The molecule has 2 aromatic carbocycles. The number of carbonyl (C=O) groups excluding carboxylic acids is 2. The number of nitrogens with zero attached hydrogens (tertiary/aromatic N) is 4. The highest BCUT2D eigenvalue weighted by molar-refractivity contribution is 6.17. The van der Waals surface area contributed by atoms with E-state index >= 15 is 0 Å². The standard InChI is InChI=1S/C28H32N4O5/c1-5-36-23-11-10-19(15-24(23)35-4)26-29-25(37-30-26)16-31-22-9-7-6-8-21(22)27(33)32(28(31)34)20-13-17(2)12-18(3)14-20/h10-15,21-22H,5-9,16H2,1-4H3. The maximum absolute atomic E-state index is 13.8. The smallest absolute Gasteiger partial charge is 0.332 e. The van der Waals surface area contributed by atoms with E-state index in [2.05, 4.69) is 10.1 Å². The molecule has 0 spiro atoms. The van der Waals surface area contributed by atoms with Gasteiger partial charge in [-0.2, -0.15) is 4.98 Å². The summed E-state index contributed by atoms with van der Waals surface area (Å²) in [6, 6.07) is 10.7. The quantitative estimate of drug-likeness (QED) is 0.431. The van der Waals surface area contributed by atoms with Crippen molar-refractivity contribution in [3.05, 3.63) is 53.4 Å². The molecule has 1 aliphatic carbocycles. The lowest BCUT2D eigenvalue weighted by Crippen LogP contribution is -2.62. The molecule has 9 nitrogen and oxygen atoms in total. The fraction of sp³-hybridized carbons (Fsp3) is 0.429. The number of imide groups is 1. The van der Waals surface area contributed by atoms with E-state index in [-0.39, 0.29) is 30.4 Å². The van der Waals surface area contributed by atoms with Crippen LogP contribution < -0.4 is 14.4 Å². The Morgan fingerprint density at radius 1 is 1.03 bits per heavy atom. The Labute approximate surface area is 216 Å². The highest BCUT2D eigenvalue weighted by Crippen LogP contribution is 2.38. The first-order chi connectivity index (χ1) is 17.9. The Morgan fingerprint density at radius 2 is 1.78 bits per heavy atom. The largest absolute Gasteiger partial charge is 0.493 e. The zero-order valence-corrected chi connectivity index (χ0v) is 21.7. The van der Waals surface area contributed by atoms with E-state index in [0.717, 1.165) is 36.8 Å². The van der Waals surface area contributed by atoms with Crippen LogP contribution in [0.15, 0.2) is 40.9 Å². The van der Waals surface area contributed by atoms with Crippen molar-refractivity contribution in [1.82, 2.24) is 15.0 Å². The van der Waals surface area contributed by atoms with Gasteiger partial charge in [0.05, 0.1) is 25.3 Å². The number of carbonyl (C=O) groups is 2. The molecule has 2 atom stereocenters. The summed E-state index contributed by atoms with van der Waals surface area (Å²) in [5, 5.41) is 4.15. The maximum Gasteiger partial charge on any atom is 0.332 e. The van der Waals surface area contributed by atoms with Gasteiger partial charge in [-0.3, -0.25) is 4.79 Å². The fourth-order valence-corrected chi connectivity index (χ4v) is 5.47. The van der Waals surface area contributed by atoms with E-state index in [0.29, 0.717) is 41.1 Å². The Kier molecular flexibility index (Phi) is 6.86. The van der Waals surface area contributed by atoms with Gasteiger partial charge in [0.2, 0.25) is 17.6 Å². The molecule has 0 bridgehead atoms. The topological polar surface area (TPSA) is 98.0 Å². The Bertz CT molecular complexity index is 1300. The second kappa shape index (κ2) is 10.2. The molecule has 0 radical (unpaired) electrons. The summed E-state index contributed by atoms with van der Waals surface area (Å²) in [5.41, 5.74) is 3.32. The lowest BCUT2D eigenvalue weighted by atomic mass is 9.81. The molecule has 1 saturated carbocycles. The molecule has 5 rings (SSSR count). The number of methoxy groups -OCH3 is 1. The second-order valence-electron chi connectivity index (χ2n) is 9.70. The Morgan fingerprint density at radius 3 is 2.51 bits per heavy atom. The van der Waals surface area contributed by atoms with Crippen LogP contribution in [0.5, 0.6) is 11.5 Å². The van der Waals surface area contributed by atoms with Gasteiger partial charge >= 0.3 is 6.03 Å². The highest BCUT2D eigenvalue weighted by atomic mass is 16.5. The zero-order chi connectivity index (χ0) is 26.1. The van der Waals surface area contributed by atoms with Crippen molar-refractivity contribution < 1.29 is 23.6 Å². The third-order valence-electron chi connectivity index (χ3n) is 7.06. The summed E-state index contributed by atoms with van der Waals surface area (Å²) in [6.07, 6.45) is 3.48. The van der Waals surface area contributed by atoms with Crippen LogP contribution in [0.3, 0.4) is 0 Å². The minimum absolute atomic E-state index is 0.122. The molecular formula is C28H32N4O5. The van der Waals surface area contributed by atoms with Gasteiger partial charge in [0, 0.05) is 11.6 Å². The number of hydrogen-bond acceptors (Lipinski definition) is 7. The third kappa shape index (κ3) is 4.77. The summed E-state index contributed by atoms with van der Waals surface area (Å²) < 4.78 is 16.6. The van der Waals surface area contributed by atoms with Crippen molar-refractivity contribution in [2.75, 3.05) is 18.6 Å². The van der Waals surface area contributed by atoms with E-state index in [1.54, 1.807) is 18.1 Å². The van der Waals surface area contributed by atoms with Crippen molar-refractivity contribution in [3.8, 4) is 22.9 Å². The molecule has 3 aromatic rings. The number of amides is 3. The van der Waals surface area contributed by atoms with Crippen molar-refractivity contribution in [2.45, 2.75) is 59.0 Å². The fourth-order valence-electron chi connectivity index (χ4n) is 5.47. The second-order valence-corrected chi connectivity index (χ2v) is 9.70. The van der Waals surface area contributed by atoms with Crippen LogP contribution in [0.1, 0.15) is 49.6 Å². The summed E-state index contributed by atoms with van der Waals surface area (Å²) in [5.74, 6) is 1.55. The van der Waals surface area contributed by atoms with Crippen molar-refractivity contribution >= 4 is 17.6 Å².